The second-order valence-corrected chi connectivity index (χ2v) is 5.49. The molecule has 0 saturated heterocycles. The fourth-order valence-corrected chi connectivity index (χ4v) is 1.85. The van der Waals surface area contributed by atoms with Crippen molar-refractivity contribution in [1.29, 1.82) is 5.26 Å². The molecule has 1 rings (SSSR count). The number of nitriles is 1. The van der Waals surface area contributed by atoms with Crippen LogP contribution in [-0.4, -0.2) is 19.0 Å². The molecule has 92 valence electrons. The van der Waals surface area contributed by atoms with Crippen molar-refractivity contribution in [2.24, 2.45) is 16.1 Å². The second kappa shape index (κ2) is 6.26. The molecule has 0 atom stereocenters. The van der Waals surface area contributed by atoms with Crippen LogP contribution in [0.4, 0.5) is 0 Å². The second-order valence-electron chi connectivity index (χ2n) is 4.45. The molecule has 0 unspecified atom stereocenters. The maximum atomic E-state index is 8.83. The lowest BCUT2D eigenvalue weighted by molar-refractivity contribution is 0.511. The summed E-state index contributed by atoms with van der Waals surface area (Å²) in [5.41, 5.74) is 5.25. The van der Waals surface area contributed by atoms with Crippen LogP contribution in [-0.2, 0) is 6.42 Å². The first kappa shape index (κ1) is 13.5. The smallest absolute Gasteiger partial charge is 0.188 e. The van der Waals surface area contributed by atoms with Gasteiger partial charge in [-0.15, -0.1) is 11.3 Å². The van der Waals surface area contributed by atoms with Crippen molar-refractivity contribution in [2.45, 2.75) is 20.3 Å². The summed E-state index contributed by atoms with van der Waals surface area (Å²) in [6.45, 7) is 4.87. The summed E-state index contributed by atoms with van der Waals surface area (Å²) in [4.78, 5) is 5.47. The van der Waals surface area contributed by atoms with E-state index in [-0.39, 0.29) is 0 Å². The molecule has 0 amide bonds. The van der Waals surface area contributed by atoms with E-state index in [0.29, 0.717) is 12.5 Å². The van der Waals surface area contributed by atoms with E-state index in [1.54, 1.807) is 11.3 Å². The van der Waals surface area contributed by atoms with Gasteiger partial charge in [0.1, 0.15) is 0 Å². The highest BCUT2D eigenvalue weighted by Gasteiger charge is 2.15. The van der Waals surface area contributed by atoms with E-state index >= 15 is 0 Å². The van der Waals surface area contributed by atoms with Gasteiger partial charge in [-0.1, -0.05) is 6.07 Å². The average Bonchev–Trinajstić information content (AvgIpc) is 2.80. The molecule has 0 bridgehead atoms. The zero-order chi connectivity index (χ0) is 12.7. The Hall–Kier alpha value is -1.54. The highest BCUT2D eigenvalue weighted by molar-refractivity contribution is 7.09. The quantitative estimate of drug-likeness (QED) is 0.617. The molecule has 1 aromatic heterocycles. The van der Waals surface area contributed by atoms with Crippen LogP contribution >= 0.6 is 11.3 Å². The monoisotopic (exact) mass is 250 g/mol. The van der Waals surface area contributed by atoms with Crippen LogP contribution in [0.1, 0.15) is 18.7 Å². The van der Waals surface area contributed by atoms with Crippen LogP contribution in [0.3, 0.4) is 0 Å². The first-order valence-electron chi connectivity index (χ1n) is 5.51. The lowest BCUT2D eigenvalue weighted by atomic mass is 9.96. The number of thiophene rings is 1. The summed E-state index contributed by atoms with van der Waals surface area (Å²) in [5, 5.41) is 13.9. The Labute approximate surface area is 106 Å². The molecule has 1 aromatic rings. The fourth-order valence-electron chi connectivity index (χ4n) is 1.14. The topological polar surface area (TPSA) is 74.2 Å². The Kier molecular flexibility index (Phi) is 4.98. The van der Waals surface area contributed by atoms with Gasteiger partial charge in [0.05, 0.1) is 18.0 Å². The Balaban J connectivity index is 2.27. The van der Waals surface area contributed by atoms with Gasteiger partial charge < -0.3 is 11.1 Å². The summed E-state index contributed by atoms with van der Waals surface area (Å²) < 4.78 is 0. The predicted octanol–water partition coefficient (Wildman–Crippen LogP) is 1.74. The number of nitrogens with one attached hydrogen (secondary N) is 1. The third-order valence-electron chi connectivity index (χ3n) is 2.20. The molecule has 4 nitrogen and oxygen atoms in total. The standard InChI is InChI=1S/C12H18N4S/c1-12(2,8-13)9-16-11(14)15-6-5-10-4-3-7-17-10/h3-4,7H,5-6,9H2,1-2H3,(H3,14,15,16). The van der Waals surface area contributed by atoms with Crippen LogP contribution in [0.15, 0.2) is 22.5 Å². The van der Waals surface area contributed by atoms with Crippen molar-refractivity contribution in [3.63, 3.8) is 0 Å². The third kappa shape index (κ3) is 5.36. The van der Waals surface area contributed by atoms with Crippen molar-refractivity contribution in [2.75, 3.05) is 13.1 Å². The van der Waals surface area contributed by atoms with Gasteiger partial charge in [-0.25, -0.2) is 0 Å². The molecule has 0 aliphatic heterocycles. The normalized spacial score (nSPS) is 12.2. The molecular formula is C12H18N4S. The fraction of sp³-hybridized carbons (Fsp3) is 0.500. The molecule has 0 aliphatic carbocycles. The summed E-state index contributed by atoms with van der Waals surface area (Å²) in [6.07, 6.45) is 0.940. The van der Waals surface area contributed by atoms with E-state index in [9.17, 15) is 0 Å². The number of aliphatic imine (C=N–C) groups is 1. The number of guanidine groups is 1. The molecule has 0 spiro atoms. The molecule has 0 aromatic carbocycles. The van der Waals surface area contributed by atoms with Gasteiger partial charge in [-0.3, -0.25) is 4.99 Å². The van der Waals surface area contributed by atoms with Crippen LogP contribution in [0.5, 0.6) is 0 Å². The zero-order valence-electron chi connectivity index (χ0n) is 10.2. The van der Waals surface area contributed by atoms with Gasteiger partial charge in [-0.05, 0) is 31.7 Å². The minimum absolute atomic E-state index is 0.407. The van der Waals surface area contributed by atoms with Crippen LogP contribution < -0.4 is 11.1 Å². The molecule has 0 radical (unpaired) electrons. The van der Waals surface area contributed by atoms with Gasteiger partial charge in [0, 0.05) is 11.4 Å². The third-order valence-corrected chi connectivity index (χ3v) is 3.14. The van der Waals surface area contributed by atoms with E-state index in [0.717, 1.165) is 13.0 Å². The Bertz CT molecular complexity index is 401. The first-order chi connectivity index (χ1) is 8.03. The number of rotatable bonds is 5. The number of nitrogens with two attached hydrogens (primary N) is 1. The SMILES string of the molecule is CC(C)(C#N)CN=C(N)NCCc1cccs1. The van der Waals surface area contributed by atoms with E-state index in [1.165, 1.54) is 4.88 Å². The minimum atomic E-state index is -0.458. The number of hydrogen-bond acceptors (Lipinski definition) is 3. The molecule has 0 fully saturated rings. The average molecular weight is 250 g/mol. The van der Waals surface area contributed by atoms with Crippen LogP contribution in [0.2, 0.25) is 0 Å². The molecule has 1 heterocycles. The number of hydrogen-bond donors (Lipinski definition) is 2. The lowest BCUT2D eigenvalue weighted by Crippen LogP contribution is -2.34. The summed E-state index contributed by atoms with van der Waals surface area (Å²) in [7, 11) is 0. The number of nitrogens with zero attached hydrogens (tertiary/aromatic N) is 2. The van der Waals surface area contributed by atoms with Crippen molar-refractivity contribution < 1.29 is 0 Å². The minimum Gasteiger partial charge on any atom is -0.370 e. The van der Waals surface area contributed by atoms with Gasteiger partial charge in [-0.2, -0.15) is 5.26 Å². The van der Waals surface area contributed by atoms with Gasteiger partial charge in [0.2, 0.25) is 0 Å². The summed E-state index contributed by atoms with van der Waals surface area (Å²) in [6, 6.07) is 6.32. The largest absolute Gasteiger partial charge is 0.370 e. The van der Waals surface area contributed by atoms with Gasteiger partial charge in [0.25, 0.3) is 0 Å². The maximum absolute atomic E-state index is 8.83. The predicted molar refractivity (Wildman–Crippen MR) is 71.9 cm³/mol. The van der Waals surface area contributed by atoms with Gasteiger partial charge in [0.15, 0.2) is 5.96 Å². The highest BCUT2D eigenvalue weighted by atomic mass is 32.1. The van der Waals surface area contributed by atoms with Crippen LogP contribution in [0.25, 0.3) is 0 Å². The lowest BCUT2D eigenvalue weighted by Gasteiger charge is -2.12. The Morgan fingerprint density at radius 3 is 3.00 bits per heavy atom. The Morgan fingerprint density at radius 1 is 1.65 bits per heavy atom. The molecule has 5 heteroatoms. The first-order valence-corrected chi connectivity index (χ1v) is 6.39. The molecule has 0 saturated carbocycles. The van der Waals surface area contributed by atoms with E-state index < -0.39 is 5.41 Å². The van der Waals surface area contributed by atoms with Crippen molar-refractivity contribution in [3.8, 4) is 6.07 Å². The van der Waals surface area contributed by atoms with E-state index in [1.807, 2.05) is 19.9 Å². The summed E-state index contributed by atoms with van der Waals surface area (Å²) >= 11 is 1.73. The highest BCUT2D eigenvalue weighted by Crippen LogP contribution is 2.12. The van der Waals surface area contributed by atoms with E-state index in [4.69, 9.17) is 11.0 Å². The Morgan fingerprint density at radius 2 is 2.41 bits per heavy atom. The van der Waals surface area contributed by atoms with Gasteiger partial charge >= 0.3 is 0 Å². The molecule has 3 N–H and O–H groups in total. The van der Waals surface area contributed by atoms with Crippen molar-refractivity contribution >= 4 is 17.3 Å². The van der Waals surface area contributed by atoms with Crippen molar-refractivity contribution in [3.05, 3.63) is 22.4 Å². The maximum Gasteiger partial charge on any atom is 0.188 e. The zero-order valence-corrected chi connectivity index (χ0v) is 11.0. The van der Waals surface area contributed by atoms with E-state index in [2.05, 4.69) is 27.8 Å². The van der Waals surface area contributed by atoms with Crippen molar-refractivity contribution in [1.82, 2.24) is 5.32 Å². The molecule has 17 heavy (non-hydrogen) atoms. The molecule has 0 aliphatic rings. The van der Waals surface area contributed by atoms with Crippen LogP contribution in [0, 0.1) is 16.7 Å². The molecular weight excluding hydrogens is 232 g/mol. The summed E-state index contributed by atoms with van der Waals surface area (Å²) in [5.74, 6) is 0.407.